The molecule has 1 aliphatic heterocycles. The molecule has 0 amide bonds. The lowest BCUT2D eigenvalue weighted by Gasteiger charge is -2.17. The quantitative estimate of drug-likeness (QED) is 0.382. The van der Waals surface area contributed by atoms with E-state index in [2.05, 4.69) is 11.3 Å². The first-order valence-electron chi connectivity index (χ1n) is 6.54. The molecule has 108 valence electrons. The van der Waals surface area contributed by atoms with Gasteiger partial charge in [-0.1, -0.05) is 6.08 Å². The topological polar surface area (TPSA) is 65.1 Å². The molecule has 19 heavy (non-hydrogen) atoms. The molecule has 0 aromatic heterocycles. The zero-order valence-corrected chi connectivity index (χ0v) is 11.8. The first kappa shape index (κ1) is 15.7. The van der Waals surface area contributed by atoms with Crippen LogP contribution in [0.15, 0.2) is 12.7 Å². The monoisotopic (exact) mass is 270 g/mol. The van der Waals surface area contributed by atoms with Crippen LogP contribution in [0.5, 0.6) is 0 Å². The SMILES string of the molecule is C=CC(CCC(=O)OC)CC1(C(=O)OCC)OC1C. The van der Waals surface area contributed by atoms with Gasteiger partial charge in [0.2, 0.25) is 0 Å². The van der Waals surface area contributed by atoms with Crippen molar-refractivity contribution in [2.75, 3.05) is 13.7 Å². The van der Waals surface area contributed by atoms with E-state index in [9.17, 15) is 9.59 Å². The zero-order valence-electron chi connectivity index (χ0n) is 11.8. The highest BCUT2D eigenvalue weighted by atomic mass is 16.7. The molecule has 0 N–H and O–H groups in total. The van der Waals surface area contributed by atoms with Gasteiger partial charge in [0.15, 0.2) is 5.60 Å². The maximum absolute atomic E-state index is 11.9. The number of rotatable bonds is 8. The molecule has 0 bridgehead atoms. The Labute approximate surface area is 113 Å². The molecule has 5 nitrogen and oxygen atoms in total. The van der Waals surface area contributed by atoms with Gasteiger partial charge in [0.25, 0.3) is 0 Å². The number of carbonyl (C=O) groups is 2. The minimum atomic E-state index is -0.856. The first-order valence-corrected chi connectivity index (χ1v) is 6.54. The van der Waals surface area contributed by atoms with Gasteiger partial charge in [-0.05, 0) is 32.6 Å². The molecule has 3 atom stereocenters. The molecule has 0 radical (unpaired) electrons. The van der Waals surface area contributed by atoms with Crippen LogP contribution in [-0.4, -0.2) is 37.4 Å². The second-order valence-electron chi connectivity index (χ2n) is 4.68. The molecular formula is C14H22O5. The summed E-state index contributed by atoms with van der Waals surface area (Å²) >= 11 is 0. The fourth-order valence-corrected chi connectivity index (χ4v) is 2.14. The van der Waals surface area contributed by atoms with Gasteiger partial charge in [-0.2, -0.15) is 0 Å². The minimum Gasteiger partial charge on any atom is -0.469 e. The van der Waals surface area contributed by atoms with Crippen LogP contribution in [-0.2, 0) is 23.8 Å². The van der Waals surface area contributed by atoms with Crippen molar-refractivity contribution in [1.29, 1.82) is 0 Å². The Bertz CT molecular complexity index is 352. The number of ether oxygens (including phenoxy) is 3. The van der Waals surface area contributed by atoms with Gasteiger partial charge in [-0.25, -0.2) is 4.79 Å². The van der Waals surface area contributed by atoms with E-state index in [1.165, 1.54) is 7.11 Å². The summed E-state index contributed by atoms with van der Waals surface area (Å²) in [7, 11) is 1.36. The van der Waals surface area contributed by atoms with Gasteiger partial charge in [0.05, 0.1) is 19.8 Å². The molecule has 1 aliphatic rings. The van der Waals surface area contributed by atoms with Gasteiger partial charge >= 0.3 is 11.9 Å². The third-order valence-electron chi connectivity index (χ3n) is 3.45. The van der Waals surface area contributed by atoms with E-state index >= 15 is 0 Å². The van der Waals surface area contributed by atoms with E-state index in [0.29, 0.717) is 25.9 Å². The smallest absolute Gasteiger partial charge is 0.341 e. The Kier molecular flexibility index (Phi) is 5.54. The lowest BCUT2D eigenvalue weighted by Crippen LogP contribution is -2.31. The lowest BCUT2D eigenvalue weighted by atomic mass is 9.89. The fourth-order valence-electron chi connectivity index (χ4n) is 2.14. The van der Waals surface area contributed by atoms with Crippen molar-refractivity contribution in [2.24, 2.45) is 5.92 Å². The summed E-state index contributed by atoms with van der Waals surface area (Å²) in [6.45, 7) is 7.69. The predicted molar refractivity (Wildman–Crippen MR) is 69.5 cm³/mol. The second-order valence-corrected chi connectivity index (χ2v) is 4.68. The van der Waals surface area contributed by atoms with E-state index in [1.54, 1.807) is 13.0 Å². The van der Waals surface area contributed by atoms with Crippen LogP contribution < -0.4 is 0 Å². The maximum atomic E-state index is 11.9. The number of carbonyl (C=O) groups excluding carboxylic acids is 2. The molecule has 0 aliphatic carbocycles. The average molecular weight is 270 g/mol. The molecule has 1 rings (SSSR count). The molecule has 1 heterocycles. The van der Waals surface area contributed by atoms with Crippen LogP contribution in [0, 0.1) is 5.92 Å². The minimum absolute atomic E-state index is 0.0217. The standard InChI is InChI=1S/C14H22O5/c1-5-11(7-8-12(15)17-4)9-14(10(3)19-14)13(16)18-6-2/h5,10-11H,1,6-9H2,2-4H3. The van der Waals surface area contributed by atoms with Crippen LogP contribution in [0.1, 0.15) is 33.1 Å². The number of epoxide rings is 1. The Morgan fingerprint density at radius 2 is 2.16 bits per heavy atom. The van der Waals surface area contributed by atoms with E-state index < -0.39 is 5.60 Å². The van der Waals surface area contributed by atoms with E-state index in [-0.39, 0.29) is 24.0 Å². The highest BCUT2D eigenvalue weighted by molar-refractivity contribution is 5.83. The van der Waals surface area contributed by atoms with E-state index in [4.69, 9.17) is 9.47 Å². The van der Waals surface area contributed by atoms with Gasteiger partial charge in [0, 0.05) is 6.42 Å². The zero-order chi connectivity index (χ0) is 14.5. The molecule has 0 aromatic carbocycles. The summed E-state index contributed by atoms with van der Waals surface area (Å²) in [5, 5.41) is 0. The second kappa shape index (κ2) is 6.70. The van der Waals surface area contributed by atoms with Crippen molar-refractivity contribution in [3.63, 3.8) is 0 Å². The van der Waals surface area contributed by atoms with Crippen molar-refractivity contribution in [3.05, 3.63) is 12.7 Å². The maximum Gasteiger partial charge on any atom is 0.341 e. The van der Waals surface area contributed by atoms with Crippen LogP contribution in [0.25, 0.3) is 0 Å². The number of allylic oxidation sites excluding steroid dienone is 1. The van der Waals surface area contributed by atoms with Gasteiger partial charge in [-0.15, -0.1) is 6.58 Å². The Balaban J connectivity index is 2.56. The number of hydrogen-bond acceptors (Lipinski definition) is 5. The van der Waals surface area contributed by atoms with Crippen molar-refractivity contribution < 1.29 is 23.8 Å². The third kappa shape index (κ3) is 3.80. The number of hydrogen-bond donors (Lipinski definition) is 0. The Hall–Kier alpha value is -1.36. The molecular weight excluding hydrogens is 248 g/mol. The highest BCUT2D eigenvalue weighted by Crippen LogP contribution is 2.43. The summed E-state index contributed by atoms with van der Waals surface area (Å²) in [6.07, 6.45) is 2.99. The number of esters is 2. The van der Waals surface area contributed by atoms with Crippen molar-refractivity contribution in [2.45, 2.75) is 44.8 Å². The number of methoxy groups -OCH3 is 1. The molecule has 1 fully saturated rings. The van der Waals surface area contributed by atoms with Crippen molar-refractivity contribution >= 4 is 11.9 Å². The summed E-state index contributed by atoms with van der Waals surface area (Å²) in [5.74, 6) is -0.567. The largest absolute Gasteiger partial charge is 0.469 e. The first-order chi connectivity index (χ1) is 9.00. The summed E-state index contributed by atoms with van der Waals surface area (Å²) in [5.41, 5.74) is -0.856. The van der Waals surface area contributed by atoms with Crippen LogP contribution >= 0.6 is 0 Å². The molecule has 5 heteroatoms. The van der Waals surface area contributed by atoms with Crippen molar-refractivity contribution in [1.82, 2.24) is 0 Å². The summed E-state index contributed by atoms with van der Waals surface area (Å²) < 4.78 is 15.1. The van der Waals surface area contributed by atoms with E-state index in [0.717, 1.165) is 0 Å². The average Bonchev–Trinajstić information content (AvgIpc) is 3.06. The lowest BCUT2D eigenvalue weighted by molar-refractivity contribution is -0.150. The third-order valence-corrected chi connectivity index (χ3v) is 3.45. The van der Waals surface area contributed by atoms with E-state index in [1.807, 2.05) is 6.92 Å². The van der Waals surface area contributed by atoms with Gasteiger partial charge in [0.1, 0.15) is 0 Å². The summed E-state index contributed by atoms with van der Waals surface area (Å²) in [4.78, 5) is 23.0. The van der Waals surface area contributed by atoms with Crippen LogP contribution in [0.2, 0.25) is 0 Å². The van der Waals surface area contributed by atoms with Crippen LogP contribution in [0.3, 0.4) is 0 Å². The highest BCUT2D eigenvalue weighted by Gasteiger charge is 2.61. The molecule has 0 saturated carbocycles. The Morgan fingerprint density at radius 3 is 2.58 bits per heavy atom. The molecule has 3 unspecified atom stereocenters. The predicted octanol–water partition coefficient (Wildman–Crippen LogP) is 1.85. The molecule has 0 spiro atoms. The Morgan fingerprint density at radius 1 is 1.53 bits per heavy atom. The summed E-state index contributed by atoms with van der Waals surface area (Å²) in [6, 6.07) is 0. The van der Waals surface area contributed by atoms with Gasteiger partial charge in [-0.3, -0.25) is 4.79 Å². The van der Waals surface area contributed by atoms with Crippen molar-refractivity contribution in [3.8, 4) is 0 Å². The molecule has 0 aromatic rings. The van der Waals surface area contributed by atoms with Crippen LogP contribution in [0.4, 0.5) is 0 Å². The van der Waals surface area contributed by atoms with Gasteiger partial charge < -0.3 is 14.2 Å². The fraction of sp³-hybridized carbons (Fsp3) is 0.714. The molecule has 1 saturated heterocycles. The normalized spacial score (nSPS) is 26.4.